The first-order valence-electron chi connectivity index (χ1n) is 8.65. The first kappa shape index (κ1) is 20.3. The highest BCUT2D eigenvalue weighted by atomic mass is 32.1. The van der Waals surface area contributed by atoms with Crippen LogP contribution in [0.25, 0.3) is 0 Å². The summed E-state index contributed by atoms with van der Waals surface area (Å²) in [7, 11) is 0. The highest BCUT2D eigenvalue weighted by Crippen LogP contribution is 2.16. The van der Waals surface area contributed by atoms with Crippen molar-refractivity contribution in [2.75, 3.05) is 6.61 Å². The van der Waals surface area contributed by atoms with Gasteiger partial charge in [-0.15, -0.1) is 11.3 Å². The van der Waals surface area contributed by atoms with Crippen molar-refractivity contribution in [2.24, 2.45) is 0 Å². The van der Waals surface area contributed by atoms with Crippen LogP contribution in [0.4, 0.5) is 0 Å². The molecule has 0 saturated heterocycles. The van der Waals surface area contributed by atoms with Crippen molar-refractivity contribution in [2.45, 2.75) is 20.0 Å². The molecule has 3 rings (SSSR count). The summed E-state index contributed by atoms with van der Waals surface area (Å²) < 4.78 is 15.4. The molecule has 1 N–H and O–H groups in total. The first-order chi connectivity index (χ1) is 14.0. The number of amides is 2. The number of rotatable bonds is 8. The molecule has 150 valence electrons. The number of furan rings is 1. The van der Waals surface area contributed by atoms with E-state index < -0.39 is 24.4 Å². The van der Waals surface area contributed by atoms with E-state index in [0.29, 0.717) is 12.3 Å². The van der Waals surface area contributed by atoms with E-state index >= 15 is 0 Å². The number of aryl methyl sites for hydroxylation is 1. The second-order valence-corrected chi connectivity index (χ2v) is 6.97. The zero-order valence-electron chi connectivity index (χ0n) is 15.5. The Kier molecular flexibility index (Phi) is 6.75. The Labute approximate surface area is 170 Å². The lowest BCUT2D eigenvalue weighted by atomic mass is 10.2. The van der Waals surface area contributed by atoms with Crippen LogP contribution < -0.4 is 10.1 Å². The maximum atomic E-state index is 11.9. The van der Waals surface area contributed by atoms with Crippen LogP contribution in [-0.4, -0.2) is 29.4 Å². The molecule has 0 spiro atoms. The molecule has 29 heavy (non-hydrogen) atoms. The molecular weight excluding hydrogens is 396 g/mol. The molecule has 0 saturated carbocycles. The normalized spacial score (nSPS) is 10.4. The molecule has 2 amide bonds. The minimum Gasteiger partial charge on any atom is -0.486 e. The van der Waals surface area contributed by atoms with Crippen LogP contribution in [0.15, 0.2) is 52.5 Å². The maximum absolute atomic E-state index is 11.9. The van der Waals surface area contributed by atoms with Gasteiger partial charge in [0.05, 0.1) is 18.4 Å². The van der Waals surface area contributed by atoms with Crippen LogP contribution in [0.2, 0.25) is 0 Å². The van der Waals surface area contributed by atoms with Crippen LogP contribution in [0.3, 0.4) is 0 Å². The summed E-state index contributed by atoms with van der Waals surface area (Å²) in [4.78, 5) is 39.5. The highest BCUT2D eigenvalue weighted by molar-refractivity contribution is 7.09. The summed E-state index contributed by atoms with van der Waals surface area (Å²) in [5.74, 6) is -1.34. The van der Waals surface area contributed by atoms with Crippen molar-refractivity contribution in [3.63, 3.8) is 0 Å². The molecule has 2 heterocycles. The fraction of sp³-hybridized carbons (Fsp3) is 0.200. The Balaban J connectivity index is 1.39. The fourth-order valence-corrected chi connectivity index (χ4v) is 2.96. The van der Waals surface area contributed by atoms with E-state index in [1.54, 1.807) is 5.38 Å². The van der Waals surface area contributed by atoms with Gasteiger partial charge in [0.1, 0.15) is 17.4 Å². The number of aromatic nitrogens is 1. The minimum atomic E-state index is -0.745. The number of imide groups is 1. The monoisotopic (exact) mass is 414 g/mol. The van der Waals surface area contributed by atoms with Crippen molar-refractivity contribution in [3.05, 3.63) is 70.1 Å². The smallest absolute Gasteiger partial charge is 0.312 e. The zero-order valence-corrected chi connectivity index (χ0v) is 16.4. The summed E-state index contributed by atoms with van der Waals surface area (Å²) in [6.07, 6.45) is 1.23. The van der Waals surface area contributed by atoms with E-state index in [1.165, 1.54) is 29.7 Å². The first-order valence-corrected chi connectivity index (χ1v) is 9.53. The number of esters is 1. The van der Waals surface area contributed by atoms with E-state index in [4.69, 9.17) is 13.9 Å². The van der Waals surface area contributed by atoms with Crippen LogP contribution in [0.1, 0.15) is 26.8 Å². The van der Waals surface area contributed by atoms with E-state index in [1.807, 2.05) is 31.2 Å². The van der Waals surface area contributed by atoms with E-state index in [0.717, 1.165) is 16.3 Å². The van der Waals surface area contributed by atoms with Crippen LogP contribution in [0, 0.1) is 6.92 Å². The number of hydrogen-bond donors (Lipinski definition) is 1. The summed E-state index contributed by atoms with van der Waals surface area (Å²) >= 11 is 1.37. The number of nitrogens with zero attached hydrogens (tertiary/aromatic N) is 1. The molecule has 2 aromatic heterocycles. The molecule has 3 aromatic rings. The Bertz CT molecular complexity index is 979. The fourth-order valence-electron chi connectivity index (χ4n) is 2.25. The van der Waals surface area contributed by atoms with Gasteiger partial charge in [-0.05, 0) is 31.2 Å². The third kappa shape index (κ3) is 6.28. The van der Waals surface area contributed by atoms with Gasteiger partial charge in [-0.25, -0.2) is 4.98 Å². The topological polar surface area (TPSA) is 108 Å². The van der Waals surface area contributed by atoms with Crippen molar-refractivity contribution >= 4 is 29.1 Å². The molecule has 0 aliphatic carbocycles. The lowest BCUT2D eigenvalue weighted by molar-refractivity contribution is -0.147. The second kappa shape index (κ2) is 9.65. The minimum absolute atomic E-state index is 0.00691. The maximum Gasteiger partial charge on any atom is 0.312 e. The summed E-state index contributed by atoms with van der Waals surface area (Å²) in [5, 5.41) is 4.51. The predicted octanol–water partition coefficient (Wildman–Crippen LogP) is 2.67. The molecule has 8 nitrogen and oxygen atoms in total. The summed E-state index contributed by atoms with van der Waals surface area (Å²) in [6, 6.07) is 10.6. The predicted molar refractivity (Wildman–Crippen MR) is 103 cm³/mol. The third-order valence-corrected chi connectivity index (χ3v) is 4.54. The lowest BCUT2D eigenvalue weighted by Gasteiger charge is -2.04. The molecule has 0 atom stereocenters. The van der Waals surface area contributed by atoms with E-state index in [9.17, 15) is 14.4 Å². The molecule has 0 bridgehead atoms. The number of ether oxygens (including phenoxy) is 2. The molecule has 1 aromatic carbocycles. The quantitative estimate of drug-likeness (QED) is 0.565. The van der Waals surface area contributed by atoms with Gasteiger partial charge < -0.3 is 13.9 Å². The molecule has 0 unspecified atom stereocenters. The Morgan fingerprint density at radius 1 is 1.17 bits per heavy atom. The Hall–Kier alpha value is -3.46. The zero-order chi connectivity index (χ0) is 20.6. The third-order valence-electron chi connectivity index (χ3n) is 3.67. The van der Waals surface area contributed by atoms with Gasteiger partial charge in [0.15, 0.2) is 12.4 Å². The van der Waals surface area contributed by atoms with Crippen LogP contribution >= 0.6 is 11.3 Å². The molecule has 9 heteroatoms. The average Bonchev–Trinajstić information content (AvgIpc) is 3.38. The van der Waals surface area contributed by atoms with Gasteiger partial charge in [0.2, 0.25) is 0 Å². The highest BCUT2D eigenvalue weighted by Gasteiger charge is 2.15. The van der Waals surface area contributed by atoms with Crippen LogP contribution in [-0.2, 0) is 27.4 Å². The molecule has 0 aliphatic rings. The average molecular weight is 414 g/mol. The standard InChI is InChI=1S/C20H18N2O6S/c1-13-4-6-15(7-5-13)27-11-18-21-14(12-29-18)9-19(24)28-10-17(23)22-20(25)16-3-2-8-26-16/h2-8,12H,9-11H2,1H3,(H,22,23,25). The molecule has 0 fully saturated rings. The summed E-state index contributed by atoms with van der Waals surface area (Å²) in [6.45, 7) is 1.72. The molecule has 0 aliphatic heterocycles. The van der Waals surface area contributed by atoms with Gasteiger partial charge in [-0.3, -0.25) is 19.7 Å². The largest absolute Gasteiger partial charge is 0.486 e. The second-order valence-electron chi connectivity index (χ2n) is 6.03. The molecule has 0 radical (unpaired) electrons. The lowest BCUT2D eigenvalue weighted by Crippen LogP contribution is -2.34. The van der Waals surface area contributed by atoms with Gasteiger partial charge in [0, 0.05) is 5.38 Å². The number of thiazole rings is 1. The van der Waals surface area contributed by atoms with Crippen molar-refractivity contribution in [1.82, 2.24) is 10.3 Å². The number of nitrogens with one attached hydrogen (secondary N) is 1. The van der Waals surface area contributed by atoms with Gasteiger partial charge in [0.25, 0.3) is 11.8 Å². The Morgan fingerprint density at radius 2 is 1.97 bits per heavy atom. The van der Waals surface area contributed by atoms with Gasteiger partial charge in [-0.1, -0.05) is 17.7 Å². The number of benzene rings is 1. The van der Waals surface area contributed by atoms with Crippen molar-refractivity contribution in [1.29, 1.82) is 0 Å². The van der Waals surface area contributed by atoms with Crippen LogP contribution in [0.5, 0.6) is 5.75 Å². The molecular formula is C20H18N2O6S. The van der Waals surface area contributed by atoms with E-state index in [2.05, 4.69) is 10.3 Å². The van der Waals surface area contributed by atoms with E-state index in [-0.39, 0.29) is 12.2 Å². The number of carbonyl (C=O) groups excluding carboxylic acids is 3. The number of hydrogen-bond acceptors (Lipinski definition) is 8. The Morgan fingerprint density at radius 3 is 2.69 bits per heavy atom. The van der Waals surface area contributed by atoms with Gasteiger partial charge >= 0.3 is 5.97 Å². The SMILES string of the molecule is Cc1ccc(OCc2nc(CC(=O)OCC(=O)NC(=O)c3ccco3)cs2)cc1. The number of carbonyl (C=O) groups is 3. The van der Waals surface area contributed by atoms with Crippen molar-refractivity contribution < 1.29 is 28.3 Å². The summed E-state index contributed by atoms with van der Waals surface area (Å²) in [5.41, 5.74) is 1.67. The van der Waals surface area contributed by atoms with Gasteiger partial charge in [-0.2, -0.15) is 0 Å². The van der Waals surface area contributed by atoms with Crippen molar-refractivity contribution in [3.8, 4) is 5.75 Å².